The average molecular weight is 286 g/mol. The van der Waals surface area contributed by atoms with Crippen molar-refractivity contribution in [1.29, 1.82) is 0 Å². The molecule has 19 heavy (non-hydrogen) atoms. The molecule has 1 aromatic heterocycles. The van der Waals surface area contributed by atoms with Crippen molar-refractivity contribution in [3.63, 3.8) is 0 Å². The van der Waals surface area contributed by atoms with Crippen molar-refractivity contribution in [3.8, 4) is 0 Å². The molecule has 0 atom stereocenters. The van der Waals surface area contributed by atoms with Crippen LogP contribution in [0.3, 0.4) is 0 Å². The fraction of sp³-hybridized carbons (Fsp3) is 0.615. The second kappa shape index (κ2) is 5.23. The lowest BCUT2D eigenvalue weighted by Gasteiger charge is -2.43. The minimum Gasteiger partial charge on any atom is -0.378 e. The van der Waals surface area contributed by atoms with Gasteiger partial charge in [0, 0.05) is 31.9 Å². The van der Waals surface area contributed by atoms with E-state index in [1.807, 2.05) is 11.8 Å². The lowest BCUT2D eigenvalue weighted by atomic mass is 10.1. The molecule has 0 aromatic carbocycles. The molecule has 1 aromatic rings. The van der Waals surface area contributed by atoms with Crippen molar-refractivity contribution in [2.24, 2.45) is 0 Å². The van der Waals surface area contributed by atoms with Gasteiger partial charge in [-0.15, -0.1) is 0 Å². The fourth-order valence-corrected chi connectivity index (χ4v) is 2.83. The molecule has 0 radical (unpaired) electrons. The van der Waals surface area contributed by atoms with Gasteiger partial charge in [-0.3, -0.25) is 4.90 Å². The third-order valence-corrected chi connectivity index (χ3v) is 4.07. The van der Waals surface area contributed by atoms with E-state index in [0.717, 1.165) is 45.1 Å². The van der Waals surface area contributed by atoms with E-state index in [1.54, 1.807) is 6.07 Å². The van der Waals surface area contributed by atoms with Crippen molar-refractivity contribution >= 4 is 17.3 Å². The zero-order valence-corrected chi connectivity index (χ0v) is 11.7. The van der Waals surface area contributed by atoms with E-state index in [4.69, 9.17) is 16.3 Å². The Balaban J connectivity index is 1.71. The number of rotatable bonds is 2. The topological polar surface area (TPSA) is 28.6 Å². The molecule has 0 saturated carbocycles. The first-order valence-corrected chi connectivity index (χ1v) is 6.92. The van der Waals surface area contributed by atoms with Gasteiger partial charge in [-0.05, 0) is 13.0 Å². The summed E-state index contributed by atoms with van der Waals surface area (Å²) < 4.78 is 19.2. The number of piperazine rings is 1. The second-order valence-corrected chi connectivity index (χ2v) is 5.46. The van der Waals surface area contributed by atoms with E-state index in [2.05, 4.69) is 9.88 Å². The summed E-state index contributed by atoms with van der Waals surface area (Å²) in [6.45, 7) is 6.99. The fourth-order valence-electron chi connectivity index (χ4n) is 2.60. The van der Waals surface area contributed by atoms with Crippen LogP contribution in [-0.4, -0.2) is 55.3 Å². The van der Waals surface area contributed by atoms with Crippen LogP contribution in [0.4, 0.5) is 10.1 Å². The van der Waals surface area contributed by atoms with Gasteiger partial charge in [0.15, 0.2) is 11.0 Å². The Bertz CT molecular complexity index is 473. The maximum Gasteiger partial charge on any atom is 0.183 e. The van der Waals surface area contributed by atoms with Crippen LogP contribution in [0.5, 0.6) is 0 Å². The SMILES string of the molecule is Cc1cc(N2CCN(C3COC3)CC2)c(F)c(Cl)n1. The van der Waals surface area contributed by atoms with Gasteiger partial charge in [-0.25, -0.2) is 9.37 Å². The van der Waals surface area contributed by atoms with Crippen molar-refractivity contribution in [2.75, 3.05) is 44.3 Å². The molecule has 3 heterocycles. The first kappa shape index (κ1) is 13.1. The zero-order valence-electron chi connectivity index (χ0n) is 10.9. The molecule has 0 N–H and O–H groups in total. The van der Waals surface area contributed by atoms with Crippen LogP contribution in [-0.2, 0) is 4.74 Å². The first-order chi connectivity index (χ1) is 9.15. The van der Waals surface area contributed by atoms with E-state index in [1.165, 1.54) is 0 Å². The molecule has 2 aliphatic rings. The average Bonchev–Trinajstić information content (AvgIpc) is 2.33. The van der Waals surface area contributed by atoms with Gasteiger partial charge >= 0.3 is 0 Å². The number of ether oxygens (including phenoxy) is 1. The van der Waals surface area contributed by atoms with Gasteiger partial charge in [0.25, 0.3) is 0 Å². The Morgan fingerprint density at radius 2 is 2.00 bits per heavy atom. The summed E-state index contributed by atoms with van der Waals surface area (Å²) in [5.41, 5.74) is 1.32. The largest absolute Gasteiger partial charge is 0.378 e. The Morgan fingerprint density at radius 1 is 1.32 bits per heavy atom. The predicted molar refractivity (Wildman–Crippen MR) is 72.3 cm³/mol. The number of pyridine rings is 1. The Morgan fingerprint density at radius 3 is 2.58 bits per heavy atom. The van der Waals surface area contributed by atoms with E-state index in [9.17, 15) is 4.39 Å². The number of hydrogen-bond acceptors (Lipinski definition) is 4. The van der Waals surface area contributed by atoms with Crippen LogP contribution >= 0.6 is 11.6 Å². The van der Waals surface area contributed by atoms with Crippen molar-refractivity contribution in [3.05, 3.63) is 22.7 Å². The quantitative estimate of drug-likeness (QED) is 0.774. The van der Waals surface area contributed by atoms with Crippen LogP contribution < -0.4 is 4.90 Å². The van der Waals surface area contributed by atoms with Crippen molar-refractivity contribution in [2.45, 2.75) is 13.0 Å². The molecule has 6 heteroatoms. The molecule has 2 saturated heterocycles. The number of anilines is 1. The highest BCUT2D eigenvalue weighted by atomic mass is 35.5. The molecule has 0 unspecified atom stereocenters. The van der Waals surface area contributed by atoms with Gasteiger partial charge in [0.2, 0.25) is 0 Å². The van der Waals surface area contributed by atoms with E-state index < -0.39 is 5.82 Å². The highest BCUT2D eigenvalue weighted by Gasteiger charge is 2.29. The van der Waals surface area contributed by atoms with Gasteiger partial charge in [-0.2, -0.15) is 0 Å². The molecule has 2 fully saturated rings. The molecule has 0 aliphatic carbocycles. The summed E-state index contributed by atoms with van der Waals surface area (Å²) >= 11 is 5.81. The standard InChI is InChI=1S/C13H17ClFN3O/c1-9-6-11(12(15)13(14)16-9)18-4-2-17(3-5-18)10-7-19-8-10/h6,10H,2-5,7-8H2,1H3. The highest BCUT2D eigenvalue weighted by Crippen LogP contribution is 2.27. The van der Waals surface area contributed by atoms with Crippen LogP contribution in [0.1, 0.15) is 5.69 Å². The number of nitrogens with zero attached hydrogens (tertiary/aromatic N) is 3. The minimum absolute atomic E-state index is 0.0372. The van der Waals surface area contributed by atoms with Crippen molar-refractivity contribution in [1.82, 2.24) is 9.88 Å². The first-order valence-electron chi connectivity index (χ1n) is 6.54. The molecule has 4 nitrogen and oxygen atoms in total. The number of hydrogen-bond donors (Lipinski definition) is 0. The summed E-state index contributed by atoms with van der Waals surface area (Å²) in [4.78, 5) is 8.39. The molecule has 2 aliphatic heterocycles. The number of aromatic nitrogens is 1. The third-order valence-electron chi connectivity index (χ3n) is 3.82. The van der Waals surface area contributed by atoms with Gasteiger partial charge in [0.05, 0.1) is 24.9 Å². The number of aryl methyl sites for hydroxylation is 1. The monoisotopic (exact) mass is 285 g/mol. The molecular weight excluding hydrogens is 269 g/mol. The van der Waals surface area contributed by atoms with Gasteiger partial charge in [-0.1, -0.05) is 11.6 Å². The summed E-state index contributed by atoms with van der Waals surface area (Å²) in [6.07, 6.45) is 0. The predicted octanol–water partition coefficient (Wildman–Crippen LogP) is 1.70. The summed E-state index contributed by atoms with van der Waals surface area (Å²) in [6, 6.07) is 2.32. The summed E-state index contributed by atoms with van der Waals surface area (Å²) in [5, 5.41) is -0.0372. The van der Waals surface area contributed by atoms with E-state index >= 15 is 0 Å². The van der Waals surface area contributed by atoms with Gasteiger partial charge in [0.1, 0.15) is 0 Å². The molecule has 104 valence electrons. The minimum atomic E-state index is -0.410. The van der Waals surface area contributed by atoms with Gasteiger partial charge < -0.3 is 9.64 Å². The van der Waals surface area contributed by atoms with E-state index in [-0.39, 0.29) is 5.15 Å². The Labute approximate surface area is 117 Å². The summed E-state index contributed by atoms with van der Waals surface area (Å²) in [7, 11) is 0. The lowest BCUT2D eigenvalue weighted by Crippen LogP contribution is -2.56. The van der Waals surface area contributed by atoms with Crippen molar-refractivity contribution < 1.29 is 9.13 Å². The van der Waals surface area contributed by atoms with Crippen LogP contribution in [0.25, 0.3) is 0 Å². The van der Waals surface area contributed by atoms with E-state index in [0.29, 0.717) is 11.7 Å². The highest BCUT2D eigenvalue weighted by molar-refractivity contribution is 6.29. The zero-order chi connectivity index (χ0) is 13.4. The van der Waals surface area contributed by atoms with Crippen LogP contribution in [0.15, 0.2) is 6.07 Å². The van der Waals surface area contributed by atoms with Crippen LogP contribution in [0, 0.1) is 12.7 Å². The Hall–Kier alpha value is -0.910. The summed E-state index contributed by atoms with van der Waals surface area (Å²) in [5.74, 6) is -0.410. The molecule has 0 spiro atoms. The molecular formula is C13H17ClFN3O. The maximum absolute atomic E-state index is 14.0. The normalized spacial score (nSPS) is 21.5. The number of halogens is 2. The molecule has 0 amide bonds. The molecule has 0 bridgehead atoms. The third kappa shape index (κ3) is 2.55. The second-order valence-electron chi connectivity index (χ2n) is 5.10. The smallest absolute Gasteiger partial charge is 0.183 e. The lowest BCUT2D eigenvalue weighted by molar-refractivity contribution is -0.0660. The molecule has 3 rings (SSSR count). The maximum atomic E-state index is 14.0. The Kier molecular flexibility index (Phi) is 3.60. The van der Waals surface area contributed by atoms with Crippen LogP contribution in [0.2, 0.25) is 5.15 Å².